The van der Waals surface area contributed by atoms with Gasteiger partial charge in [-0.25, -0.2) is 9.97 Å². The molecule has 0 fully saturated rings. The first-order valence-electron chi connectivity index (χ1n) is 21.0. The molecule has 0 bridgehead atoms. The van der Waals surface area contributed by atoms with Crippen molar-refractivity contribution in [3.8, 4) is 44.9 Å². The van der Waals surface area contributed by atoms with Crippen LogP contribution in [-0.2, 0) is 5.41 Å². The van der Waals surface area contributed by atoms with Crippen LogP contribution in [0.3, 0.4) is 0 Å². The van der Waals surface area contributed by atoms with Crippen molar-refractivity contribution in [2.45, 2.75) is 25.0 Å². The van der Waals surface area contributed by atoms with Crippen LogP contribution in [0.4, 0.5) is 17.1 Å². The topological polar surface area (TPSA) is 29.0 Å². The fourth-order valence-corrected chi connectivity index (χ4v) is 12.4. The van der Waals surface area contributed by atoms with Gasteiger partial charge in [0.25, 0.3) is 0 Å². The maximum Gasteiger partial charge on any atom is 0.160 e. The van der Waals surface area contributed by atoms with Crippen molar-refractivity contribution in [2.24, 2.45) is 0 Å². The fraction of sp³-hybridized carbons (Fsp3) is 0.0175. The molecule has 0 saturated carbocycles. The molecule has 0 atom stereocenters. The van der Waals surface area contributed by atoms with E-state index >= 15 is 0 Å². The van der Waals surface area contributed by atoms with Gasteiger partial charge in [-0.15, -0.1) is 0 Å². The maximum absolute atomic E-state index is 5.39. The summed E-state index contributed by atoms with van der Waals surface area (Å²) in [4.78, 5) is 18.0. The molecule has 5 heteroatoms. The van der Waals surface area contributed by atoms with Crippen molar-refractivity contribution in [3.05, 3.63) is 235 Å². The molecule has 3 nitrogen and oxygen atoms in total. The first-order chi connectivity index (χ1) is 30.7. The summed E-state index contributed by atoms with van der Waals surface area (Å²) in [5.41, 5.74) is 17.2. The van der Waals surface area contributed by atoms with Crippen LogP contribution < -0.4 is 4.90 Å². The average Bonchev–Trinajstić information content (AvgIpc) is 3.64. The van der Waals surface area contributed by atoms with Crippen molar-refractivity contribution in [1.82, 2.24) is 9.97 Å². The van der Waals surface area contributed by atoms with Gasteiger partial charge >= 0.3 is 0 Å². The van der Waals surface area contributed by atoms with Gasteiger partial charge in [-0.2, -0.15) is 0 Å². The average molecular weight is 826 g/mol. The summed E-state index contributed by atoms with van der Waals surface area (Å²) in [5.74, 6) is 0.700. The number of rotatable bonds is 4. The quantitative estimate of drug-likeness (QED) is 0.176. The first-order valence-corrected chi connectivity index (χ1v) is 22.6. The van der Waals surface area contributed by atoms with Crippen LogP contribution >= 0.6 is 23.5 Å². The third-order valence-corrected chi connectivity index (χ3v) is 15.0. The molecule has 0 radical (unpaired) electrons. The summed E-state index contributed by atoms with van der Waals surface area (Å²) >= 11 is 3.70. The monoisotopic (exact) mass is 825 g/mol. The van der Waals surface area contributed by atoms with Gasteiger partial charge in [-0.3, -0.25) is 0 Å². The van der Waals surface area contributed by atoms with Gasteiger partial charge < -0.3 is 4.90 Å². The van der Waals surface area contributed by atoms with Crippen LogP contribution in [0.5, 0.6) is 0 Å². The molecule has 9 aromatic carbocycles. The summed E-state index contributed by atoms with van der Waals surface area (Å²) in [6.07, 6.45) is 0. The molecule has 2 aliphatic heterocycles. The Labute approximate surface area is 368 Å². The van der Waals surface area contributed by atoms with E-state index < -0.39 is 5.41 Å². The SMILES string of the molecule is c1cc(-c2nc(-c3ccc(-c4cccc5c4C4(c6ccccc6Sc6ccccc64)c4ccccc4-5)cc3)c3ccccc3n2)cc(N2c3ccccc3Sc3ccccc32)c1. The van der Waals surface area contributed by atoms with E-state index in [1.807, 2.05) is 23.5 Å². The van der Waals surface area contributed by atoms with Gasteiger partial charge in [0.2, 0.25) is 0 Å². The van der Waals surface area contributed by atoms with Crippen LogP contribution in [0.15, 0.2) is 232 Å². The van der Waals surface area contributed by atoms with E-state index in [9.17, 15) is 0 Å². The van der Waals surface area contributed by atoms with Crippen LogP contribution in [0.1, 0.15) is 22.3 Å². The Balaban J connectivity index is 0.947. The zero-order valence-electron chi connectivity index (χ0n) is 33.4. The molecule has 0 unspecified atom stereocenters. The highest BCUT2D eigenvalue weighted by molar-refractivity contribution is 8.00. The summed E-state index contributed by atoms with van der Waals surface area (Å²) in [6, 6.07) is 77.3. The molecular formula is C57H35N3S2. The Hall–Kier alpha value is -7.18. The number of para-hydroxylation sites is 3. The minimum Gasteiger partial charge on any atom is -0.308 e. The normalized spacial score (nSPS) is 13.8. The van der Waals surface area contributed by atoms with Gasteiger partial charge in [-0.05, 0) is 99.1 Å². The number of hydrogen-bond donors (Lipinski definition) is 0. The molecule has 290 valence electrons. The van der Waals surface area contributed by atoms with Gasteiger partial charge in [0.15, 0.2) is 5.82 Å². The first kappa shape index (κ1) is 35.6. The highest BCUT2D eigenvalue weighted by Crippen LogP contribution is 2.64. The zero-order chi connectivity index (χ0) is 40.8. The number of aromatic nitrogens is 2. The minimum atomic E-state index is -0.455. The summed E-state index contributed by atoms with van der Waals surface area (Å²) in [5, 5.41) is 1.03. The van der Waals surface area contributed by atoms with Crippen molar-refractivity contribution in [3.63, 3.8) is 0 Å². The van der Waals surface area contributed by atoms with Crippen molar-refractivity contribution >= 4 is 51.5 Å². The summed E-state index contributed by atoms with van der Waals surface area (Å²) < 4.78 is 0. The Morgan fingerprint density at radius 1 is 0.387 bits per heavy atom. The van der Waals surface area contributed by atoms with E-state index in [0.717, 1.165) is 33.4 Å². The van der Waals surface area contributed by atoms with Crippen molar-refractivity contribution in [1.29, 1.82) is 0 Å². The predicted molar refractivity (Wildman–Crippen MR) is 256 cm³/mol. The minimum absolute atomic E-state index is 0.455. The lowest BCUT2D eigenvalue weighted by Gasteiger charge is -2.40. The number of fused-ring (bicyclic) bond motifs is 12. The van der Waals surface area contributed by atoms with E-state index in [4.69, 9.17) is 9.97 Å². The number of hydrogen-bond acceptors (Lipinski definition) is 5. The molecule has 3 aliphatic rings. The van der Waals surface area contributed by atoms with E-state index in [0.29, 0.717) is 5.82 Å². The largest absolute Gasteiger partial charge is 0.308 e. The van der Waals surface area contributed by atoms with Gasteiger partial charge in [0, 0.05) is 41.8 Å². The van der Waals surface area contributed by atoms with Gasteiger partial charge in [-0.1, -0.05) is 181 Å². The molecule has 62 heavy (non-hydrogen) atoms. The van der Waals surface area contributed by atoms with Crippen LogP contribution in [-0.4, -0.2) is 9.97 Å². The Bertz CT molecular complexity index is 3360. The lowest BCUT2D eigenvalue weighted by atomic mass is 9.66. The second kappa shape index (κ2) is 13.9. The molecule has 3 heterocycles. The molecule has 0 N–H and O–H groups in total. The molecule has 1 spiro atoms. The smallest absolute Gasteiger partial charge is 0.160 e. The molecule has 0 amide bonds. The van der Waals surface area contributed by atoms with E-state index in [-0.39, 0.29) is 0 Å². The highest BCUT2D eigenvalue weighted by Gasteiger charge is 2.51. The number of anilines is 3. The summed E-state index contributed by atoms with van der Waals surface area (Å²) in [7, 11) is 0. The summed E-state index contributed by atoms with van der Waals surface area (Å²) in [6.45, 7) is 0. The Kier molecular flexibility index (Phi) is 7.99. The molecule has 0 saturated heterocycles. The standard InChI is InChI=1S/C57H35N3S2/c1-3-21-44-41(17-1)42-20-14-19-40(54(42)57(44)45-22-4-9-27-50(45)61-51-28-10-5-23-46(51)57)36-31-33-37(34-32-36)55-43-18-2-6-24-47(43)58-56(59-55)38-15-13-16-39(35-38)60-48-25-7-11-29-52(48)62-53-30-12-8-26-49(53)60/h1-35H. The lowest BCUT2D eigenvalue weighted by molar-refractivity contribution is 0.724. The fourth-order valence-electron chi connectivity index (χ4n) is 10.2. The Morgan fingerprint density at radius 2 is 0.935 bits per heavy atom. The van der Waals surface area contributed by atoms with Gasteiger partial charge in [0.05, 0.1) is 28.0 Å². The van der Waals surface area contributed by atoms with E-state index in [1.54, 1.807) is 0 Å². The maximum atomic E-state index is 5.39. The Morgan fingerprint density at radius 3 is 1.68 bits per heavy atom. The van der Waals surface area contributed by atoms with Crippen LogP contribution in [0.25, 0.3) is 55.8 Å². The second-order valence-corrected chi connectivity index (χ2v) is 18.2. The molecular weight excluding hydrogens is 791 g/mol. The highest BCUT2D eigenvalue weighted by atomic mass is 32.2. The van der Waals surface area contributed by atoms with Crippen molar-refractivity contribution in [2.75, 3.05) is 4.90 Å². The zero-order valence-corrected chi connectivity index (χ0v) is 35.0. The predicted octanol–water partition coefficient (Wildman–Crippen LogP) is 15.4. The van der Waals surface area contributed by atoms with Crippen LogP contribution in [0.2, 0.25) is 0 Å². The van der Waals surface area contributed by atoms with Crippen molar-refractivity contribution < 1.29 is 0 Å². The third kappa shape index (κ3) is 5.22. The molecule has 1 aliphatic carbocycles. The van der Waals surface area contributed by atoms with E-state index in [1.165, 1.54) is 75.5 Å². The molecule has 1 aromatic heterocycles. The molecule has 10 aromatic rings. The second-order valence-electron chi connectivity index (χ2n) is 16.0. The van der Waals surface area contributed by atoms with Crippen LogP contribution in [0, 0.1) is 0 Å². The van der Waals surface area contributed by atoms with E-state index in [2.05, 4.69) is 217 Å². The number of nitrogens with zero attached hydrogens (tertiary/aromatic N) is 3. The third-order valence-electron chi connectivity index (χ3n) is 12.7. The lowest BCUT2D eigenvalue weighted by Crippen LogP contribution is -2.32. The van der Waals surface area contributed by atoms with Gasteiger partial charge in [0.1, 0.15) is 0 Å². The molecule has 13 rings (SSSR count). The number of benzene rings is 9.